The van der Waals surface area contributed by atoms with Crippen LogP contribution < -0.4 is 5.32 Å². The van der Waals surface area contributed by atoms with Crippen molar-refractivity contribution in [2.24, 2.45) is 45.8 Å². The summed E-state index contributed by atoms with van der Waals surface area (Å²) in [7, 11) is 0. The highest BCUT2D eigenvalue weighted by atomic mass is 35.5. The third kappa shape index (κ3) is 3.56. The molecule has 0 saturated heterocycles. The van der Waals surface area contributed by atoms with Crippen LogP contribution in [0.15, 0.2) is 22.4 Å². The molecule has 7 heteroatoms. The first kappa shape index (κ1) is 28.3. The number of alkyl halides is 1. The van der Waals surface area contributed by atoms with E-state index in [4.69, 9.17) is 20.9 Å². The number of carbonyl (C=O) groups is 2. The molecule has 0 unspecified atom stereocenters. The maximum Gasteiger partial charge on any atom is 0.407 e. The molecule has 3 fully saturated rings. The molecule has 40 heavy (non-hydrogen) atoms. The van der Waals surface area contributed by atoms with Crippen LogP contribution in [-0.2, 0) is 21.4 Å². The van der Waals surface area contributed by atoms with Gasteiger partial charge in [-0.2, -0.15) is 0 Å². The van der Waals surface area contributed by atoms with Gasteiger partial charge in [0, 0.05) is 22.4 Å². The van der Waals surface area contributed by atoms with Gasteiger partial charge in [-0.3, -0.25) is 4.79 Å². The first-order valence-electron chi connectivity index (χ1n) is 15.5. The number of ether oxygens (including phenoxy) is 1. The molecular formula is C33H47ClN2O4. The second-order valence-corrected chi connectivity index (χ2v) is 15.7. The van der Waals surface area contributed by atoms with Crippen LogP contribution in [0, 0.1) is 45.8 Å². The van der Waals surface area contributed by atoms with Crippen molar-refractivity contribution < 1.29 is 18.8 Å². The van der Waals surface area contributed by atoms with Crippen molar-refractivity contribution in [3.8, 4) is 0 Å². The number of halogens is 1. The summed E-state index contributed by atoms with van der Waals surface area (Å²) in [6.45, 7) is 16.7. The number of fused-ring (bicyclic) bond motifs is 8. The zero-order chi connectivity index (χ0) is 28.9. The average Bonchev–Trinajstić information content (AvgIpc) is 3.36. The molecule has 3 saturated carbocycles. The number of nitrogens with one attached hydrogen (secondary N) is 1. The van der Waals surface area contributed by atoms with Crippen molar-refractivity contribution in [3.05, 3.63) is 29.2 Å². The number of alkyl carbamates (subject to hydrolysis) is 1. The van der Waals surface area contributed by atoms with E-state index >= 15 is 0 Å². The molecule has 1 aromatic heterocycles. The van der Waals surface area contributed by atoms with Crippen LogP contribution in [0.3, 0.4) is 0 Å². The van der Waals surface area contributed by atoms with E-state index in [2.05, 4.69) is 65.0 Å². The molecule has 5 aliphatic rings. The Bertz CT molecular complexity index is 1250. The Hall–Kier alpha value is -1.82. The monoisotopic (exact) mass is 570 g/mol. The predicted octanol–water partition coefficient (Wildman–Crippen LogP) is 7.24. The summed E-state index contributed by atoms with van der Waals surface area (Å²) in [6, 6.07) is 0. The minimum absolute atomic E-state index is 0.0682. The Labute approximate surface area is 244 Å². The molecule has 1 N–H and O–H groups in total. The zero-order valence-electron chi connectivity index (χ0n) is 25.4. The third-order valence-electron chi connectivity index (χ3n) is 13.4. The highest BCUT2D eigenvalue weighted by molar-refractivity contribution is 6.18. The molecule has 220 valence electrons. The van der Waals surface area contributed by atoms with Crippen LogP contribution in [0.2, 0.25) is 0 Å². The summed E-state index contributed by atoms with van der Waals surface area (Å²) < 4.78 is 11.2. The smallest absolute Gasteiger partial charge is 0.407 e. The second kappa shape index (κ2) is 9.09. The lowest BCUT2D eigenvalue weighted by Gasteiger charge is -2.70. The number of ketones is 1. The summed E-state index contributed by atoms with van der Waals surface area (Å²) in [5, 5.41) is 7.54. The third-order valence-corrected chi connectivity index (χ3v) is 13.5. The van der Waals surface area contributed by atoms with Crippen molar-refractivity contribution in [3.63, 3.8) is 0 Å². The summed E-state index contributed by atoms with van der Waals surface area (Å²) in [5.74, 6) is 2.67. The fraction of sp³-hybridized carbons (Fsp3) is 0.788. The van der Waals surface area contributed by atoms with Crippen LogP contribution >= 0.6 is 11.6 Å². The van der Waals surface area contributed by atoms with Crippen molar-refractivity contribution in [1.82, 2.24) is 10.5 Å². The van der Waals surface area contributed by atoms with Gasteiger partial charge in [0.2, 0.25) is 0 Å². The zero-order valence-corrected chi connectivity index (χ0v) is 26.1. The number of aromatic nitrogens is 1. The minimum Gasteiger partial charge on any atom is -0.448 e. The molecule has 5 aliphatic carbocycles. The molecule has 6 nitrogen and oxygen atoms in total. The highest BCUT2D eigenvalue weighted by Crippen LogP contribution is 2.73. The van der Waals surface area contributed by atoms with Gasteiger partial charge in [-0.1, -0.05) is 59.2 Å². The summed E-state index contributed by atoms with van der Waals surface area (Å²) in [6.07, 6.45) is 10.3. The summed E-state index contributed by atoms with van der Waals surface area (Å²) in [4.78, 5) is 27.6. The number of rotatable bonds is 3. The van der Waals surface area contributed by atoms with Crippen molar-refractivity contribution in [1.29, 1.82) is 0 Å². The van der Waals surface area contributed by atoms with E-state index in [1.807, 2.05) is 6.20 Å². The Morgan fingerprint density at radius 2 is 1.88 bits per heavy atom. The van der Waals surface area contributed by atoms with E-state index < -0.39 is 11.6 Å². The number of hydrogen-bond donors (Lipinski definition) is 1. The Kier molecular flexibility index (Phi) is 6.43. The lowest BCUT2D eigenvalue weighted by Crippen LogP contribution is -2.70. The molecule has 0 spiro atoms. The van der Waals surface area contributed by atoms with E-state index in [1.165, 1.54) is 11.1 Å². The molecule has 1 aromatic rings. The molecule has 1 amide bonds. The van der Waals surface area contributed by atoms with Gasteiger partial charge in [-0.05, 0) is 90.9 Å². The van der Waals surface area contributed by atoms with Crippen LogP contribution in [0.4, 0.5) is 4.79 Å². The molecular weight excluding hydrogens is 524 g/mol. The molecule has 1 heterocycles. The fourth-order valence-electron chi connectivity index (χ4n) is 11.1. The van der Waals surface area contributed by atoms with Crippen LogP contribution in [0.1, 0.15) is 98.3 Å². The Morgan fingerprint density at radius 3 is 2.60 bits per heavy atom. The molecule has 0 bridgehead atoms. The van der Waals surface area contributed by atoms with Crippen LogP contribution in [0.25, 0.3) is 0 Å². The maximum atomic E-state index is 14.6. The fourth-order valence-corrected chi connectivity index (χ4v) is 11.2. The van der Waals surface area contributed by atoms with E-state index in [0.717, 1.165) is 50.7 Å². The molecule has 0 radical (unpaired) electrons. The molecule has 0 aliphatic heterocycles. The van der Waals surface area contributed by atoms with Crippen LogP contribution in [0.5, 0.6) is 0 Å². The Morgan fingerprint density at radius 1 is 1.12 bits per heavy atom. The van der Waals surface area contributed by atoms with E-state index in [9.17, 15) is 9.59 Å². The van der Waals surface area contributed by atoms with Crippen LogP contribution in [-0.4, -0.2) is 35.1 Å². The quantitative estimate of drug-likeness (QED) is 0.387. The van der Waals surface area contributed by atoms with Gasteiger partial charge in [0.1, 0.15) is 12.4 Å². The highest BCUT2D eigenvalue weighted by Gasteiger charge is 2.70. The largest absolute Gasteiger partial charge is 0.448 e. The topological polar surface area (TPSA) is 81.4 Å². The Balaban J connectivity index is 1.45. The van der Waals surface area contributed by atoms with Crippen molar-refractivity contribution >= 4 is 23.5 Å². The number of hydrogen-bond acceptors (Lipinski definition) is 5. The van der Waals surface area contributed by atoms with E-state index in [-0.39, 0.29) is 51.8 Å². The van der Waals surface area contributed by atoms with Gasteiger partial charge in [-0.25, -0.2) is 4.79 Å². The molecule has 6 rings (SSSR count). The van der Waals surface area contributed by atoms with Gasteiger partial charge in [-0.15, -0.1) is 11.6 Å². The van der Waals surface area contributed by atoms with Gasteiger partial charge >= 0.3 is 6.09 Å². The number of amides is 1. The maximum absolute atomic E-state index is 14.6. The number of nitrogens with zero attached hydrogens (tertiary/aromatic N) is 1. The summed E-state index contributed by atoms with van der Waals surface area (Å²) >= 11 is 5.81. The van der Waals surface area contributed by atoms with Crippen molar-refractivity contribution in [2.75, 3.05) is 12.5 Å². The lowest BCUT2D eigenvalue weighted by molar-refractivity contribution is -0.165. The van der Waals surface area contributed by atoms with Gasteiger partial charge in [0.25, 0.3) is 0 Å². The minimum atomic E-state index is -0.428. The second-order valence-electron chi connectivity index (χ2n) is 15.3. The van der Waals surface area contributed by atoms with E-state index in [0.29, 0.717) is 17.8 Å². The van der Waals surface area contributed by atoms with Gasteiger partial charge in [0.05, 0.1) is 12.1 Å². The summed E-state index contributed by atoms with van der Waals surface area (Å²) in [5.41, 5.74) is 1.52. The van der Waals surface area contributed by atoms with Gasteiger partial charge < -0.3 is 14.6 Å². The van der Waals surface area contributed by atoms with Crippen molar-refractivity contribution in [2.45, 2.75) is 104 Å². The normalized spacial score (nSPS) is 45.1. The number of carbonyl (C=O) groups excluding carboxylic acids is 2. The average molecular weight is 571 g/mol. The van der Waals surface area contributed by atoms with Gasteiger partial charge in [0.15, 0.2) is 5.78 Å². The molecule has 0 aromatic carbocycles. The van der Waals surface area contributed by atoms with E-state index in [1.54, 1.807) is 0 Å². The SMILES string of the molecule is C[C@@H]1[C@H]2[C@H]3C(=O)C=C4[C@@]5(C)Cc6cnoc6C(C)(C)[C@@H]5CC[C@@]4(C)[C@]3(C)CC[C@@]2(NC(=O)OCCCl)CC[C@H]1C. The first-order valence-corrected chi connectivity index (χ1v) is 16.0. The lowest BCUT2D eigenvalue weighted by atomic mass is 9.34. The first-order chi connectivity index (χ1) is 18.7. The number of allylic oxidation sites excluding steroid dienone is 2. The predicted molar refractivity (Wildman–Crippen MR) is 155 cm³/mol. The standard InChI is InChI=1S/C33H47ClN2O4/c1-19-8-11-33(36-28(38)39-15-14-34)13-12-32(7)26(25(33)20(19)2)22(37)16-24-30(5)17-21-18-35-40-27(21)29(3,4)23(30)9-10-31(24,32)6/h16,18-20,23,25-26H,8-15,17H2,1-7H3,(H,36,38)/t19-,20+,23+,25+,26-,30+,31-,32-,33+/m1/s1. The molecule has 9 atom stereocenters.